The molecular weight excluding hydrogens is 242 g/mol. The lowest BCUT2D eigenvalue weighted by Crippen LogP contribution is -2.44. The van der Waals surface area contributed by atoms with Crippen LogP contribution in [-0.4, -0.2) is 46.8 Å². The number of hydrogen-bond donors (Lipinski definition) is 2. The van der Waals surface area contributed by atoms with Crippen LogP contribution in [-0.2, 0) is 6.42 Å². The van der Waals surface area contributed by atoms with Gasteiger partial charge in [0.25, 0.3) is 0 Å². The lowest BCUT2D eigenvalue weighted by molar-refractivity contribution is 0.157. The molecule has 104 valence electrons. The van der Waals surface area contributed by atoms with Gasteiger partial charge < -0.3 is 15.3 Å². The SMILES string of the molecule is Cc1cnccc1CCNC(=O)N1CCCC1CO. The Labute approximate surface area is 113 Å². The molecule has 1 unspecified atom stereocenters. The van der Waals surface area contributed by atoms with E-state index in [2.05, 4.69) is 10.3 Å². The standard InChI is InChI=1S/C14H21N3O2/c1-11-9-15-6-4-12(11)5-7-16-14(19)17-8-2-3-13(17)10-18/h4,6,9,13,18H,2-3,5,7-8,10H2,1H3,(H,16,19). The average molecular weight is 263 g/mol. The number of aromatic nitrogens is 1. The number of hydrogen-bond acceptors (Lipinski definition) is 3. The molecular formula is C14H21N3O2. The number of pyridine rings is 1. The first-order valence-corrected chi connectivity index (χ1v) is 6.77. The summed E-state index contributed by atoms with van der Waals surface area (Å²) in [7, 11) is 0. The van der Waals surface area contributed by atoms with Crippen molar-refractivity contribution >= 4 is 6.03 Å². The van der Waals surface area contributed by atoms with E-state index in [4.69, 9.17) is 0 Å². The summed E-state index contributed by atoms with van der Waals surface area (Å²) in [5.41, 5.74) is 2.35. The Hall–Kier alpha value is -1.62. The predicted molar refractivity (Wildman–Crippen MR) is 72.9 cm³/mol. The summed E-state index contributed by atoms with van der Waals surface area (Å²) in [5.74, 6) is 0. The van der Waals surface area contributed by atoms with Crippen LogP contribution in [0.15, 0.2) is 18.5 Å². The van der Waals surface area contributed by atoms with E-state index in [1.807, 2.05) is 19.2 Å². The molecule has 0 aliphatic carbocycles. The molecule has 0 saturated carbocycles. The molecule has 19 heavy (non-hydrogen) atoms. The third-order valence-electron chi connectivity index (χ3n) is 3.66. The summed E-state index contributed by atoms with van der Waals surface area (Å²) in [6.45, 7) is 3.42. The summed E-state index contributed by atoms with van der Waals surface area (Å²) in [4.78, 5) is 17.8. The third-order valence-corrected chi connectivity index (χ3v) is 3.66. The molecule has 1 aliphatic rings. The van der Waals surface area contributed by atoms with Gasteiger partial charge in [0.05, 0.1) is 12.6 Å². The van der Waals surface area contributed by atoms with Gasteiger partial charge in [0.15, 0.2) is 0 Å². The Balaban J connectivity index is 1.80. The molecule has 2 amide bonds. The van der Waals surface area contributed by atoms with Gasteiger partial charge in [-0.3, -0.25) is 4.98 Å². The Morgan fingerprint density at radius 2 is 2.47 bits per heavy atom. The fourth-order valence-corrected chi connectivity index (χ4v) is 2.48. The zero-order chi connectivity index (χ0) is 13.7. The van der Waals surface area contributed by atoms with Crippen LogP contribution in [0.1, 0.15) is 24.0 Å². The second-order valence-electron chi connectivity index (χ2n) is 4.96. The summed E-state index contributed by atoms with van der Waals surface area (Å²) in [6, 6.07) is 1.90. The number of likely N-dealkylation sites (tertiary alicyclic amines) is 1. The minimum absolute atomic E-state index is 0.0114. The summed E-state index contributed by atoms with van der Waals surface area (Å²) in [6.07, 6.45) is 6.28. The minimum atomic E-state index is -0.0664. The van der Waals surface area contributed by atoms with Crippen LogP contribution >= 0.6 is 0 Å². The van der Waals surface area contributed by atoms with E-state index in [1.54, 1.807) is 11.1 Å². The zero-order valence-corrected chi connectivity index (χ0v) is 11.3. The lowest BCUT2D eigenvalue weighted by Gasteiger charge is -2.23. The van der Waals surface area contributed by atoms with Gasteiger partial charge >= 0.3 is 6.03 Å². The van der Waals surface area contributed by atoms with Crippen molar-refractivity contribution in [2.24, 2.45) is 0 Å². The van der Waals surface area contributed by atoms with Gasteiger partial charge in [-0.15, -0.1) is 0 Å². The van der Waals surface area contributed by atoms with Gasteiger partial charge in [-0.25, -0.2) is 4.79 Å². The van der Waals surface area contributed by atoms with Gasteiger partial charge in [0.1, 0.15) is 0 Å². The topological polar surface area (TPSA) is 65.5 Å². The second kappa shape index (κ2) is 6.52. The summed E-state index contributed by atoms with van der Waals surface area (Å²) in [5, 5.41) is 12.1. The number of urea groups is 1. The molecule has 2 rings (SSSR count). The lowest BCUT2D eigenvalue weighted by atomic mass is 10.1. The van der Waals surface area contributed by atoms with Crippen LogP contribution in [0.2, 0.25) is 0 Å². The molecule has 0 radical (unpaired) electrons. The maximum absolute atomic E-state index is 12.0. The highest BCUT2D eigenvalue weighted by molar-refractivity contribution is 5.74. The minimum Gasteiger partial charge on any atom is -0.394 e. The maximum atomic E-state index is 12.0. The van der Waals surface area contributed by atoms with E-state index < -0.39 is 0 Å². The fraction of sp³-hybridized carbons (Fsp3) is 0.571. The number of aliphatic hydroxyl groups is 1. The number of nitrogens with zero attached hydrogens (tertiary/aromatic N) is 2. The van der Waals surface area contributed by atoms with Crippen LogP contribution in [0.4, 0.5) is 4.79 Å². The molecule has 2 heterocycles. The number of aliphatic hydroxyl groups excluding tert-OH is 1. The Morgan fingerprint density at radius 1 is 1.63 bits per heavy atom. The molecule has 5 nitrogen and oxygen atoms in total. The van der Waals surface area contributed by atoms with Crippen LogP contribution < -0.4 is 5.32 Å². The van der Waals surface area contributed by atoms with Crippen molar-refractivity contribution in [3.8, 4) is 0 Å². The molecule has 0 aromatic carbocycles. The average Bonchev–Trinajstić information content (AvgIpc) is 2.89. The quantitative estimate of drug-likeness (QED) is 0.855. The first kappa shape index (κ1) is 13.8. The first-order valence-electron chi connectivity index (χ1n) is 6.77. The first-order chi connectivity index (χ1) is 9.22. The largest absolute Gasteiger partial charge is 0.394 e. The molecule has 1 aromatic rings. The molecule has 0 bridgehead atoms. The van der Waals surface area contributed by atoms with Gasteiger partial charge in [-0.2, -0.15) is 0 Å². The van der Waals surface area contributed by atoms with Crippen molar-refractivity contribution in [2.45, 2.75) is 32.2 Å². The van der Waals surface area contributed by atoms with E-state index in [-0.39, 0.29) is 18.7 Å². The van der Waals surface area contributed by atoms with E-state index in [0.29, 0.717) is 6.54 Å². The van der Waals surface area contributed by atoms with Crippen molar-refractivity contribution in [1.82, 2.24) is 15.2 Å². The Bertz CT molecular complexity index is 436. The smallest absolute Gasteiger partial charge is 0.317 e. The predicted octanol–water partition coefficient (Wildman–Crippen LogP) is 1.10. The van der Waals surface area contributed by atoms with Gasteiger partial charge in [0, 0.05) is 25.5 Å². The van der Waals surface area contributed by atoms with Crippen LogP contribution in [0.25, 0.3) is 0 Å². The van der Waals surface area contributed by atoms with Crippen molar-refractivity contribution < 1.29 is 9.90 Å². The molecule has 1 fully saturated rings. The van der Waals surface area contributed by atoms with Gasteiger partial charge in [-0.05, 0) is 43.4 Å². The number of amides is 2. The Morgan fingerprint density at radius 3 is 3.21 bits per heavy atom. The highest BCUT2D eigenvalue weighted by Crippen LogP contribution is 2.16. The van der Waals surface area contributed by atoms with E-state index in [9.17, 15) is 9.90 Å². The number of carbonyl (C=O) groups is 1. The van der Waals surface area contributed by atoms with Crippen LogP contribution in [0.3, 0.4) is 0 Å². The molecule has 0 spiro atoms. The third kappa shape index (κ3) is 3.44. The maximum Gasteiger partial charge on any atom is 0.317 e. The molecule has 2 N–H and O–H groups in total. The molecule has 1 saturated heterocycles. The Kier molecular flexibility index (Phi) is 4.74. The van der Waals surface area contributed by atoms with Crippen molar-refractivity contribution in [3.05, 3.63) is 29.6 Å². The molecule has 5 heteroatoms. The monoisotopic (exact) mass is 263 g/mol. The number of nitrogens with one attached hydrogen (secondary N) is 1. The normalized spacial score (nSPS) is 18.6. The van der Waals surface area contributed by atoms with E-state index in [0.717, 1.165) is 31.4 Å². The number of aryl methyl sites for hydroxylation is 1. The van der Waals surface area contributed by atoms with Crippen LogP contribution in [0.5, 0.6) is 0 Å². The highest BCUT2D eigenvalue weighted by atomic mass is 16.3. The van der Waals surface area contributed by atoms with Crippen molar-refractivity contribution in [2.75, 3.05) is 19.7 Å². The van der Waals surface area contributed by atoms with Crippen molar-refractivity contribution in [1.29, 1.82) is 0 Å². The molecule has 1 aliphatic heterocycles. The second-order valence-corrected chi connectivity index (χ2v) is 4.96. The van der Waals surface area contributed by atoms with E-state index >= 15 is 0 Å². The number of rotatable bonds is 4. The summed E-state index contributed by atoms with van der Waals surface area (Å²) < 4.78 is 0. The number of carbonyl (C=O) groups excluding carboxylic acids is 1. The van der Waals surface area contributed by atoms with Gasteiger partial charge in [0.2, 0.25) is 0 Å². The zero-order valence-electron chi connectivity index (χ0n) is 11.3. The molecule has 1 atom stereocenters. The summed E-state index contributed by atoms with van der Waals surface area (Å²) >= 11 is 0. The van der Waals surface area contributed by atoms with Gasteiger partial charge in [-0.1, -0.05) is 0 Å². The highest BCUT2D eigenvalue weighted by Gasteiger charge is 2.27. The van der Waals surface area contributed by atoms with Crippen LogP contribution in [0, 0.1) is 6.92 Å². The van der Waals surface area contributed by atoms with Crippen molar-refractivity contribution in [3.63, 3.8) is 0 Å². The van der Waals surface area contributed by atoms with E-state index in [1.165, 1.54) is 5.56 Å². The fourth-order valence-electron chi connectivity index (χ4n) is 2.48. The molecule has 1 aromatic heterocycles.